The summed E-state index contributed by atoms with van der Waals surface area (Å²) in [5.74, 6) is 1.07. The second-order valence-electron chi connectivity index (χ2n) is 12.8. The lowest BCUT2D eigenvalue weighted by atomic mass is 9.93. The Morgan fingerprint density at radius 1 is 0.561 bits per heavy atom. The molecular weight excluding hydrogens is 509 g/mol. The second kappa shape index (κ2) is 11.1. The maximum Gasteiger partial charge on any atom is 0.109 e. The van der Waals surface area contributed by atoms with Gasteiger partial charge in [0.1, 0.15) is 8.07 Å². The molecule has 0 aliphatic heterocycles. The molecule has 0 saturated carbocycles. The Bertz CT molecular complexity index is 1540. The van der Waals surface area contributed by atoms with Crippen molar-refractivity contribution in [3.8, 4) is 22.3 Å². The molecule has 4 aromatic carbocycles. The van der Waals surface area contributed by atoms with E-state index in [1.165, 1.54) is 67.7 Å². The highest BCUT2D eigenvalue weighted by Gasteiger charge is 2.41. The van der Waals surface area contributed by atoms with Crippen molar-refractivity contribution in [2.45, 2.75) is 78.3 Å². The molecule has 0 saturated heterocycles. The minimum atomic E-state index is -1.86. The molecule has 6 rings (SSSR count). The van der Waals surface area contributed by atoms with Crippen molar-refractivity contribution in [2.24, 2.45) is 0 Å². The van der Waals surface area contributed by atoms with Crippen LogP contribution < -0.4 is 0 Å². The quantitative estimate of drug-likeness (QED) is 0.191. The fourth-order valence-corrected chi connectivity index (χ4v) is 12.0. The number of hydrogen-bond acceptors (Lipinski definition) is 0. The average Bonchev–Trinajstić information content (AvgIpc) is 3.63. The Kier molecular flexibility index (Phi) is 7.51. The molecule has 0 radical (unpaired) electrons. The smallest absolute Gasteiger partial charge is 0.0709 e. The van der Waals surface area contributed by atoms with Gasteiger partial charge in [0.2, 0.25) is 0 Å². The van der Waals surface area contributed by atoms with E-state index in [-0.39, 0.29) is 0 Å². The van der Waals surface area contributed by atoms with Gasteiger partial charge in [-0.1, -0.05) is 161 Å². The van der Waals surface area contributed by atoms with Crippen LogP contribution in [0.15, 0.2) is 95.3 Å². The summed E-state index contributed by atoms with van der Waals surface area (Å²) in [6.45, 7) is 14.1. The fraction of sp³-hybridized carbons (Fsp3) is 0.300. The third kappa shape index (κ3) is 4.89. The molecule has 0 amide bonds. The molecule has 0 bridgehead atoms. The number of hydrogen-bond donors (Lipinski definition) is 0. The van der Waals surface area contributed by atoms with Gasteiger partial charge >= 0.3 is 0 Å². The van der Waals surface area contributed by atoms with Crippen LogP contribution in [0.4, 0.5) is 0 Å². The first kappa shape index (κ1) is 27.7. The minimum absolute atomic E-state index is 0.534. The number of fused-ring (bicyclic) bond motifs is 2. The molecule has 1 heteroatoms. The minimum Gasteiger partial charge on any atom is -0.0709 e. The first-order valence-electron chi connectivity index (χ1n) is 15.7. The molecule has 0 atom stereocenters. The SMILES string of the molecule is CC[Si](CC)(C1=Cc2c(cccc2-c2cccc(C(C)C)c2)C1)C1=Cc2c(cccc2-c2cccc(C(C)C)c2)C1. The van der Waals surface area contributed by atoms with Gasteiger partial charge in [0.15, 0.2) is 0 Å². The first-order valence-corrected chi connectivity index (χ1v) is 18.1. The maximum absolute atomic E-state index is 2.63. The average molecular weight is 553 g/mol. The van der Waals surface area contributed by atoms with Crippen molar-refractivity contribution in [3.05, 3.63) is 129 Å². The zero-order chi connectivity index (χ0) is 28.7. The van der Waals surface area contributed by atoms with E-state index in [2.05, 4.69) is 139 Å². The Morgan fingerprint density at radius 2 is 0.976 bits per heavy atom. The molecule has 4 aromatic rings. The standard InChI is InChI=1S/C40H44Si/c1-7-41(8-2,35-23-33-17-11-19-37(39(33)25-35)31-15-9-13-29(21-31)27(3)4)36-24-34-18-12-20-38(40(34)26-36)32-16-10-14-30(22-32)28(5)6/h9-22,25-28H,7-8,23-24H2,1-6H3. The Labute approximate surface area is 248 Å². The third-order valence-corrected chi connectivity index (χ3v) is 15.5. The molecule has 0 N–H and O–H groups in total. The van der Waals surface area contributed by atoms with Gasteiger partial charge in [-0.15, -0.1) is 0 Å². The highest BCUT2D eigenvalue weighted by Crippen LogP contribution is 2.46. The van der Waals surface area contributed by atoms with Crippen LogP contribution in [-0.4, -0.2) is 8.07 Å². The Balaban J connectivity index is 1.41. The van der Waals surface area contributed by atoms with Crippen LogP contribution >= 0.6 is 0 Å². The highest BCUT2D eigenvalue weighted by atomic mass is 28.3. The van der Waals surface area contributed by atoms with E-state index in [4.69, 9.17) is 0 Å². The molecule has 2 aliphatic rings. The summed E-state index contributed by atoms with van der Waals surface area (Å²) in [5, 5.41) is 3.46. The lowest BCUT2D eigenvalue weighted by molar-refractivity contribution is 0.867. The van der Waals surface area contributed by atoms with E-state index in [0.29, 0.717) is 11.8 Å². The van der Waals surface area contributed by atoms with E-state index in [1.54, 1.807) is 10.4 Å². The molecule has 0 aromatic heterocycles. The molecule has 2 aliphatic carbocycles. The van der Waals surface area contributed by atoms with Crippen LogP contribution in [0.25, 0.3) is 34.4 Å². The zero-order valence-electron chi connectivity index (χ0n) is 25.7. The molecule has 0 unspecified atom stereocenters. The molecule has 41 heavy (non-hydrogen) atoms. The van der Waals surface area contributed by atoms with Crippen LogP contribution in [0, 0.1) is 0 Å². The van der Waals surface area contributed by atoms with Crippen LogP contribution in [-0.2, 0) is 12.8 Å². The van der Waals surface area contributed by atoms with Gasteiger partial charge in [0, 0.05) is 0 Å². The summed E-state index contributed by atoms with van der Waals surface area (Å²) in [6, 6.07) is 34.9. The van der Waals surface area contributed by atoms with Gasteiger partial charge < -0.3 is 0 Å². The van der Waals surface area contributed by atoms with Crippen molar-refractivity contribution in [1.29, 1.82) is 0 Å². The first-order chi connectivity index (χ1) is 19.8. The fourth-order valence-electron chi connectivity index (χ4n) is 7.35. The van der Waals surface area contributed by atoms with E-state index < -0.39 is 8.07 Å². The number of benzene rings is 4. The molecule has 0 fully saturated rings. The highest BCUT2D eigenvalue weighted by molar-refractivity contribution is 6.94. The van der Waals surface area contributed by atoms with Crippen LogP contribution in [0.3, 0.4) is 0 Å². The van der Waals surface area contributed by atoms with E-state index in [0.717, 1.165) is 12.8 Å². The number of rotatable bonds is 8. The monoisotopic (exact) mass is 552 g/mol. The summed E-state index contributed by atoms with van der Waals surface area (Å²) in [6.07, 6.45) is 7.47. The van der Waals surface area contributed by atoms with Gasteiger partial charge in [-0.2, -0.15) is 0 Å². The van der Waals surface area contributed by atoms with E-state index in [9.17, 15) is 0 Å². The predicted octanol–water partition coefficient (Wildman–Crippen LogP) is 11.4. The largest absolute Gasteiger partial charge is 0.109 e. The molecule has 0 nitrogen and oxygen atoms in total. The summed E-state index contributed by atoms with van der Waals surface area (Å²) in [4.78, 5) is 0. The lowest BCUT2D eigenvalue weighted by Gasteiger charge is -2.33. The Morgan fingerprint density at radius 3 is 1.37 bits per heavy atom. The van der Waals surface area contributed by atoms with E-state index in [1.807, 2.05) is 0 Å². The van der Waals surface area contributed by atoms with Crippen molar-refractivity contribution >= 4 is 20.2 Å². The van der Waals surface area contributed by atoms with Crippen LogP contribution in [0.1, 0.15) is 86.8 Å². The second-order valence-corrected chi connectivity index (χ2v) is 17.7. The van der Waals surface area contributed by atoms with Gasteiger partial charge in [0.25, 0.3) is 0 Å². The molecule has 0 heterocycles. The molecule has 0 spiro atoms. The van der Waals surface area contributed by atoms with Crippen molar-refractivity contribution in [1.82, 2.24) is 0 Å². The number of allylic oxidation sites excluding steroid dienone is 2. The topological polar surface area (TPSA) is 0 Å². The zero-order valence-corrected chi connectivity index (χ0v) is 26.7. The van der Waals surface area contributed by atoms with Crippen molar-refractivity contribution in [3.63, 3.8) is 0 Å². The van der Waals surface area contributed by atoms with E-state index >= 15 is 0 Å². The van der Waals surface area contributed by atoms with Crippen molar-refractivity contribution < 1.29 is 0 Å². The summed E-state index contributed by atoms with van der Waals surface area (Å²) >= 11 is 0. The van der Waals surface area contributed by atoms with Gasteiger partial charge in [-0.25, -0.2) is 0 Å². The Hall–Kier alpha value is -3.42. The molecular formula is C40H44Si. The van der Waals surface area contributed by atoms with Gasteiger partial charge in [-0.3, -0.25) is 0 Å². The summed E-state index contributed by atoms with van der Waals surface area (Å²) in [7, 11) is -1.86. The normalized spacial score (nSPS) is 14.3. The van der Waals surface area contributed by atoms with Crippen LogP contribution in [0.2, 0.25) is 12.1 Å². The summed E-state index contributed by atoms with van der Waals surface area (Å²) < 4.78 is 0. The lowest BCUT2D eigenvalue weighted by Crippen LogP contribution is -2.39. The molecule has 208 valence electrons. The summed E-state index contributed by atoms with van der Waals surface area (Å²) in [5.41, 5.74) is 14.3. The van der Waals surface area contributed by atoms with Crippen molar-refractivity contribution in [2.75, 3.05) is 0 Å². The maximum atomic E-state index is 2.63. The van der Waals surface area contributed by atoms with Crippen LogP contribution in [0.5, 0.6) is 0 Å². The predicted molar refractivity (Wildman–Crippen MR) is 182 cm³/mol. The van der Waals surface area contributed by atoms with Gasteiger partial charge in [0.05, 0.1) is 0 Å². The third-order valence-electron chi connectivity index (χ3n) is 9.96. The van der Waals surface area contributed by atoms with Gasteiger partial charge in [-0.05, 0) is 80.3 Å².